The lowest BCUT2D eigenvalue weighted by molar-refractivity contribution is -0.115. The van der Waals surface area contributed by atoms with E-state index in [0.717, 1.165) is 11.3 Å². The lowest BCUT2D eigenvalue weighted by Crippen LogP contribution is -2.14. The smallest absolute Gasteiger partial charge is 0.340 e. The number of hydrogen-bond acceptors (Lipinski definition) is 5. The van der Waals surface area contributed by atoms with Crippen LogP contribution in [-0.2, 0) is 22.6 Å². The molecule has 0 bridgehead atoms. The van der Waals surface area contributed by atoms with Gasteiger partial charge in [-0.3, -0.25) is 4.79 Å². The van der Waals surface area contributed by atoms with Crippen molar-refractivity contribution in [2.75, 3.05) is 5.32 Å². The lowest BCUT2D eigenvalue weighted by atomic mass is 10.2. The van der Waals surface area contributed by atoms with Crippen LogP contribution in [-0.4, -0.2) is 16.9 Å². The average Bonchev–Trinajstić information content (AvgIpc) is 3.09. The minimum Gasteiger partial charge on any atom is -0.456 e. The van der Waals surface area contributed by atoms with Crippen molar-refractivity contribution in [3.8, 4) is 0 Å². The average molecular weight is 435 g/mol. The number of carbonyl (C=O) groups is 2. The molecule has 144 valence electrons. The zero-order valence-electron chi connectivity index (χ0n) is 14.9. The number of anilines is 1. The molecular weight excluding hydrogens is 419 g/mol. The molecule has 3 aromatic rings. The van der Waals surface area contributed by atoms with E-state index in [-0.39, 0.29) is 29.5 Å². The van der Waals surface area contributed by atoms with Crippen LogP contribution >= 0.6 is 34.5 Å². The second kappa shape index (κ2) is 9.19. The van der Waals surface area contributed by atoms with Crippen LogP contribution in [0.2, 0.25) is 10.0 Å². The minimum absolute atomic E-state index is 0.00608. The number of esters is 1. The summed E-state index contributed by atoms with van der Waals surface area (Å²) in [4.78, 5) is 28.6. The molecule has 0 atom stereocenters. The molecule has 0 unspecified atom stereocenters. The Bertz CT molecular complexity index is 1000. The largest absolute Gasteiger partial charge is 0.456 e. The predicted molar refractivity (Wildman–Crippen MR) is 111 cm³/mol. The normalized spacial score (nSPS) is 10.5. The maximum atomic E-state index is 12.1. The molecule has 28 heavy (non-hydrogen) atoms. The molecule has 1 heterocycles. The summed E-state index contributed by atoms with van der Waals surface area (Å²) in [6.07, 6.45) is 0.148. The number of ether oxygens (including phenoxy) is 1. The Morgan fingerprint density at radius 3 is 2.61 bits per heavy atom. The van der Waals surface area contributed by atoms with E-state index in [0.29, 0.717) is 15.7 Å². The topological polar surface area (TPSA) is 68.3 Å². The number of hydrogen-bond donors (Lipinski definition) is 1. The van der Waals surface area contributed by atoms with Gasteiger partial charge in [-0.1, -0.05) is 40.9 Å². The molecular formula is C20H16Cl2N2O3S. The first-order chi connectivity index (χ1) is 13.4. The number of carbonyl (C=O) groups excluding carboxylic acids is 2. The molecule has 0 aliphatic carbocycles. The molecule has 2 aromatic carbocycles. The van der Waals surface area contributed by atoms with Crippen LogP contribution in [0.25, 0.3) is 0 Å². The summed E-state index contributed by atoms with van der Waals surface area (Å²) in [6.45, 7) is 1.98. The fraction of sp³-hybridized carbons (Fsp3) is 0.150. The highest BCUT2D eigenvalue weighted by Crippen LogP contribution is 2.22. The molecule has 1 amide bonds. The number of benzene rings is 2. The molecule has 0 aliphatic rings. The predicted octanol–water partition coefficient (Wildman–Crippen LogP) is 5.30. The van der Waals surface area contributed by atoms with Crippen molar-refractivity contribution in [3.05, 3.63) is 79.7 Å². The third kappa shape index (κ3) is 5.55. The summed E-state index contributed by atoms with van der Waals surface area (Å²) >= 11 is 13.2. The standard InChI is InChI=1S/C20H16Cl2N2O3S/c1-12-2-5-14(6-3-12)23-18(25)9-19-24-15(11-28-19)10-27-20(26)16-7-4-13(21)8-17(16)22/h2-8,11H,9-10H2,1H3,(H,23,25). The third-order valence-electron chi connectivity index (χ3n) is 3.75. The number of nitrogens with zero attached hydrogens (tertiary/aromatic N) is 1. The van der Waals surface area contributed by atoms with Gasteiger partial charge in [0, 0.05) is 16.1 Å². The van der Waals surface area contributed by atoms with E-state index in [2.05, 4.69) is 10.3 Å². The second-order valence-electron chi connectivity index (χ2n) is 6.02. The van der Waals surface area contributed by atoms with Crippen molar-refractivity contribution in [1.29, 1.82) is 0 Å². The van der Waals surface area contributed by atoms with Crippen molar-refractivity contribution >= 4 is 52.1 Å². The minimum atomic E-state index is -0.562. The first kappa shape index (κ1) is 20.3. The monoisotopic (exact) mass is 434 g/mol. The summed E-state index contributed by atoms with van der Waals surface area (Å²) in [6, 6.07) is 12.1. The summed E-state index contributed by atoms with van der Waals surface area (Å²) in [5.41, 5.74) is 2.67. The van der Waals surface area contributed by atoms with Crippen molar-refractivity contribution in [1.82, 2.24) is 4.98 Å². The van der Waals surface area contributed by atoms with Crippen LogP contribution in [0.3, 0.4) is 0 Å². The van der Waals surface area contributed by atoms with Gasteiger partial charge >= 0.3 is 5.97 Å². The fourth-order valence-corrected chi connectivity index (χ4v) is 3.61. The van der Waals surface area contributed by atoms with Crippen molar-refractivity contribution < 1.29 is 14.3 Å². The first-order valence-electron chi connectivity index (χ1n) is 8.32. The fourth-order valence-electron chi connectivity index (χ4n) is 2.35. The Kier molecular flexibility index (Phi) is 6.67. The maximum absolute atomic E-state index is 12.1. The number of thiazole rings is 1. The summed E-state index contributed by atoms with van der Waals surface area (Å²) in [5, 5.41) is 5.89. The van der Waals surface area contributed by atoms with E-state index in [1.165, 1.54) is 23.5 Å². The van der Waals surface area contributed by atoms with Gasteiger partial charge in [0.25, 0.3) is 0 Å². The van der Waals surface area contributed by atoms with Gasteiger partial charge in [-0.05, 0) is 37.3 Å². The van der Waals surface area contributed by atoms with Gasteiger partial charge in [-0.15, -0.1) is 11.3 Å². The van der Waals surface area contributed by atoms with Gasteiger partial charge < -0.3 is 10.1 Å². The van der Waals surface area contributed by atoms with Crippen LogP contribution in [0, 0.1) is 6.92 Å². The van der Waals surface area contributed by atoms with E-state index in [1.54, 1.807) is 11.4 Å². The Morgan fingerprint density at radius 1 is 1.14 bits per heavy atom. The molecule has 0 saturated heterocycles. The lowest BCUT2D eigenvalue weighted by Gasteiger charge is -2.05. The Labute approximate surface area is 176 Å². The molecule has 1 aromatic heterocycles. The SMILES string of the molecule is Cc1ccc(NC(=O)Cc2nc(COC(=O)c3ccc(Cl)cc3Cl)cs2)cc1. The summed E-state index contributed by atoms with van der Waals surface area (Å²) < 4.78 is 5.24. The number of halogens is 2. The summed E-state index contributed by atoms with van der Waals surface area (Å²) in [5.74, 6) is -0.719. The van der Waals surface area contributed by atoms with E-state index in [9.17, 15) is 9.59 Å². The van der Waals surface area contributed by atoms with Crippen molar-refractivity contribution in [2.24, 2.45) is 0 Å². The van der Waals surface area contributed by atoms with Gasteiger partial charge in [0.1, 0.15) is 11.6 Å². The Balaban J connectivity index is 1.53. The van der Waals surface area contributed by atoms with E-state index in [4.69, 9.17) is 27.9 Å². The molecule has 0 spiro atoms. The van der Waals surface area contributed by atoms with Gasteiger partial charge in [-0.25, -0.2) is 9.78 Å². The summed E-state index contributed by atoms with van der Waals surface area (Å²) in [7, 11) is 0. The molecule has 0 radical (unpaired) electrons. The second-order valence-corrected chi connectivity index (χ2v) is 7.81. The van der Waals surface area contributed by atoms with Crippen LogP contribution in [0.15, 0.2) is 47.8 Å². The van der Waals surface area contributed by atoms with Crippen molar-refractivity contribution in [3.63, 3.8) is 0 Å². The van der Waals surface area contributed by atoms with Gasteiger partial charge in [0.15, 0.2) is 0 Å². The first-order valence-corrected chi connectivity index (χ1v) is 9.96. The highest BCUT2D eigenvalue weighted by molar-refractivity contribution is 7.09. The molecule has 0 aliphatic heterocycles. The van der Waals surface area contributed by atoms with Crippen LogP contribution in [0.4, 0.5) is 5.69 Å². The molecule has 5 nitrogen and oxygen atoms in total. The number of nitrogens with one attached hydrogen (secondary N) is 1. The van der Waals surface area contributed by atoms with E-state index < -0.39 is 5.97 Å². The van der Waals surface area contributed by atoms with E-state index in [1.807, 2.05) is 31.2 Å². The number of aryl methyl sites for hydroxylation is 1. The molecule has 1 N–H and O–H groups in total. The highest BCUT2D eigenvalue weighted by Gasteiger charge is 2.14. The number of aromatic nitrogens is 1. The molecule has 0 saturated carbocycles. The molecule has 8 heteroatoms. The molecule has 0 fully saturated rings. The third-order valence-corrected chi connectivity index (χ3v) is 5.19. The maximum Gasteiger partial charge on any atom is 0.340 e. The zero-order valence-corrected chi connectivity index (χ0v) is 17.2. The Morgan fingerprint density at radius 2 is 1.89 bits per heavy atom. The van der Waals surface area contributed by atoms with E-state index >= 15 is 0 Å². The quantitative estimate of drug-likeness (QED) is 0.534. The zero-order chi connectivity index (χ0) is 20.1. The number of amides is 1. The molecule has 3 rings (SSSR count). The van der Waals surface area contributed by atoms with Crippen LogP contribution in [0.1, 0.15) is 26.6 Å². The van der Waals surface area contributed by atoms with Gasteiger partial charge in [0.05, 0.1) is 22.7 Å². The Hall–Kier alpha value is -2.41. The van der Waals surface area contributed by atoms with Gasteiger partial charge in [-0.2, -0.15) is 0 Å². The van der Waals surface area contributed by atoms with Crippen LogP contribution < -0.4 is 5.32 Å². The van der Waals surface area contributed by atoms with Crippen LogP contribution in [0.5, 0.6) is 0 Å². The van der Waals surface area contributed by atoms with Crippen molar-refractivity contribution in [2.45, 2.75) is 20.0 Å². The highest BCUT2D eigenvalue weighted by atomic mass is 35.5. The number of rotatable bonds is 6. The van der Waals surface area contributed by atoms with Gasteiger partial charge in [0.2, 0.25) is 5.91 Å².